The Morgan fingerprint density at radius 2 is 2.00 bits per heavy atom. The molecule has 0 radical (unpaired) electrons. The molecule has 0 aromatic heterocycles. The van der Waals surface area contributed by atoms with E-state index in [2.05, 4.69) is 6.92 Å². The monoisotopic (exact) mass is 174 g/mol. The highest BCUT2D eigenvalue weighted by molar-refractivity contribution is 4.48. The van der Waals surface area contributed by atoms with Gasteiger partial charge in [-0.1, -0.05) is 26.2 Å². The molecule has 12 heavy (non-hydrogen) atoms. The van der Waals surface area contributed by atoms with E-state index < -0.39 is 0 Å². The summed E-state index contributed by atoms with van der Waals surface area (Å²) in [5, 5.41) is 8.60. The Kier molecular flexibility index (Phi) is 8.95. The number of aliphatic hydroxyl groups is 1. The minimum atomic E-state index is 0.219. The maximum Gasteiger partial charge on any atom is 0.0568 e. The molecule has 0 aliphatic rings. The molecule has 0 fully saturated rings. The van der Waals surface area contributed by atoms with E-state index in [-0.39, 0.29) is 12.7 Å². The van der Waals surface area contributed by atoms with Crippen LogP contribution < -0.4 is 0 Å². The number of hydrogen-bond donors (Lipinski definition) is 1. The minimum absolute atomic E-state index is 0.219. The Morgan fingerprint density at radius 3 is 2.58 bits per heavy atom. The predicted octanol–water partition coefficient (Wildman–Crippen LogP) is 2.35. The maximum absolute atomic E-state index is 8.60. The number of hydrogen-bond acceptors (Lipinski definition) is 2. The van der Waals surface area contributed by atoms with Crippen molar-refractivity contribution in [1.82, 2.24) is 0 Å². The molecule has 2 nitrogen and oxygen atoms in total. The first kappa shape index (κ1) is 11.9. The molecule has 0 rings (SSSR count). The van der Waals surface area contributed by atoms with Crippen LogP contribution in [0, 0.1) is 0 Å². The van der Waals surface area contributed by atoms with Crippen molar-refractivity contribution in [2.24, 2.45) is 0 Å². The van der Waals surface area contributed by atoms with E-state index >= 15 is 0 Å². The zero-order chi connectivity index (χ0) is 9.23. The summed E-state index contributed by atoms with van der Waals surface area (Å²) in [6.07, 6.45) is 5.97. The van der Waals surface area contributed by atoms with Crippen molar-refractivity contribution >= 4 is 0 Å². The first-order valence-electron chi connectivity index (χ1n) is 5.03. The SMILES string of the molecule is CCCCCCOC(C)CCO. The molecule has 0 aliphatic carbocycles. The lowest BCUT2D eigenvalue weighted by atomic mass is 10.2. The Labute approximate surface area is 75.9 Å². The van der Waals surface area contributed by atoms with Gasteiger partial charge >= 0.3 is 0 Å². The van der Waals surface area contributed by atoms with Crippen molar-refractivity contribution in [2.75, 3.05) is 13.2 Å². The standard InChI is InChI=1S/C10H22O2/c1-3-4-5-6-9-12-10(2)7-8-11/h10-11H,3-9H2,1-2H3. The maximum atomic E-state index is 8.60. The fraction of sp³-hybridized carbons (Fsp3) is 1.00. The quantitative estimate of drug-likeness (QED) is 0.572. The lowest BCUT2D eigenvalue weighted by Crippen LogP contribution is -2.10. The highest BCUT2D eigenvalue weighted by Gasteiger charge is 1.99. The van der Waals surface area contributed by atoms with Gasteiger partial charge in [0.05, 0.1) is 6.10 Å². The number of ether oxygens (including phenoxy) is 1. The molecule has 0 amide bonds. The van der Waals surface area contributed by atoms with Crippen LogP contribution >= 0.6 is 0 Å². The number of unbranched alkanes of at least 4 members (excludes halogenated alkanes) is 3. The van der Waals surface area contributed by atoms with Crippen LogP contribution in [0.2, 0.25) is 0 Å². The summed E-state index contributed by atoms with van der Waals surface area (Å²) < 4.78 is 5.47. The Hall–Kier alpha value is -0.0800. The Bertz CT molecular complexity index is 83.9. The van der Waals surface area contributed by atoms with E-state index in [1.807, 2.05) is 6.92 Å². The summed E-state index contributed by atoms with van der Waals surface area (Å²) in [5.74, 6) is 0. The van der Waals surface area contributed by atoms with Gasteiger partial charge in [-0.15, -0.1) is 0 Å². The fourth-order valence-electron chi connectivity index (χ4n) is 1.08. The third kappa shape index (κ3) is 8.02. The van der Waals surface area contributed by atoms with Crippen LogP contribution in [0.15, 0.2) is 0 Å². The summed E-state index contributed by atoms with van der Waals surface area (Å²) >= 11 is 0. The molecule has 0 heterocycles. The molecule has 0 saturated heterocycles. The van der Waals surface area contributed by atoms with Gasteiger partial charge in [0.1, 0.15) is 0 Å². The van der Waals surface area contributed by atoms with Crippen molar-refractivity contribution in [3.8, 4) is 0 Å². The van der Waals surface area contributed by atoms with E-state index in [9.17, 15) is 0 Å². The van der Waals surface area contributed by atoms with Crippen molar-refractivity contribution < 1.29 is 9.84 Å². The smallest absolute Gasteiger partial charge is 0.0568 e. The zero-order valence-electron chi connectivity index (χ0n) is 8.38. The van der Waals surface area contributed by atoms with Crippen LogP contribution in [-0.4, -0.2) is 24.4 Å². The van der Waals surface area contributed by atoms with Gasteiger partial charge in [-0.3, -0.25) is 0 Å². The molecule has 1 N–H and O–H groups in total. The largest absolute Gasteiger partial charge is 0.396 e. The van der Waals surface area contributed by atoms with Gasteiger partial charge in [0, 0.05) is 13.2 Å². The summed E-state index contributed by atoms with van der Waals surface area (Å²) in [7, 11) is 0. The van der Waals surface area contributed by atoms with E-state index in [4.69, 9.17) is 9.84 Å². The van der Waals surface area contributed by atoms with Crippen LogP contribution in [0.5, 0.6) is 0 Å². The van der Waals surface area contributed by atoms with Gasteiger partial charge in [-0.05, 0) is 19.8 Å². The van der Waals surface area contributed by atoms with Gasteiger partial charge in [-0.2, -0.15) is 0 Å². The van der Waals surface area contributed by atoms with E-state index in [1.165, 1.54) is 19.3 Å². The Balaban J connectivity index is 2.97. The third-order valence-electron chi connectivity index (χ3n) is 1.94. The molecular weight excluding hydrogens is 152 g/mol. The lowest BCUT2D eigenvalue weighted by Gasteiger charge is -2.10. The van der Waals surface area contributed by atoms with Crippen LogP contribution in [0.3, 0.4) is 0 Å². The van der Waals surface area contributed by atoms with Crippen LogP contribution in [0.4, 0.5) is 0 Å². The van der Waals surface area contributed by atoms with E-state index in [1.54, 1.807) is 0 Å². The van der Waals surface area contributed by atoms with E-state index in [0.29, 0.717) is 0 Å². The lowest BCUT2D eigenvalue weighted by molar-refractivity contribution is 0.0456. The van der Waals surface area contributed by atoms with Gasteiger partial charge < -0.3 is 9.84 Å². The summed E-state index contributed by atoms with van der Waals surface area (Å²) in [4.78, 5) is 0. The predicted molar refractivity (Wildman–Crippen MR) is 51.3 cm³/mol. The van der Waals surface area contributed by atoms with Crippen molar-refractivity contribution in [3.63, 3.8) is 0 Å². The van der Waals surface area contributed by atoms with Crippen LogP contribution in [0.25, 0.3) is 0 Å². The fourth-order valence-corrected chi connectivity index (χ4v) is 1.08. The average molecular weight is 174 g/mol. The Morgan fingerprint density at radius 1 is 1.25 bits per heavy atom. The van der Waals surface area contributed by atoms with Crippen molar-refractivity contribution in [2.45, 2.75) is 52.1 Å². The molecular formula is C10H22O2. The summed E-state index contributed by atoms with van der Waals surface area (Å²) in [6, 6.07) is 0. The molecule has 1 atom stereocenters. The van der Waals surface area contributed by atoms with Crippen LogP contribution in [0.1, 0.15) is 46.0 Å². The molecule has 0 saturated carbocycles. The van der Waals surface area contributed by atoms with Crippen molar-refractivity contribution in [3.05, 3.63) is 0 Å². The van der Waals surface area contributed by atoms with Gasteiger partial charge in [-0.25, -0.2) is 0 Å². The first-order chi connectivity index (χ1) is 5.81. The zero-order valence-corrected chi connectivity index (χ0v) is 8.38. The second kappa shape index (κ2) is 9.01. The second-order valence-electron chi connectivity index (χ2n) is 3.25. The molecule has 0 spiro atoms. The summed E-state index contributed by atoms with van der Waals surface area (Å²) in [6.45, 7) is 5.29. The molecule has 2 heteroatoms. The molecule has 0 aliphatic heterocycles. The third-order valence-corrected chi connectivity index (χ3v) is 1.94. The molecule has 0 aromatic rings. The molecule has 74 valence electrons. The van der Waals surface area contributed by atoms with Gasteiger partial charge in [0.2, 0.25) is 0 Å². The second-order valence-corrected chi connectivity index (χ2v) is 3.25. The van der Waals surface area contributed by atoms with E-state index in [0.717, 1.165) is 19.4 Å². The molecule has 1 unspecified atom stereocenters. The highest BCUT2D eigenvalue weighted by atomic mass is 16.5. The van der Waals surface area contributed by atoms with Gasteiger partial charge in [0.15, 0.2) is 0 Å². The number of aliphatic hydroxyl groups excluding tert-OH is 1. The average Bonchev–Trinajstić information content (AvgIpc) is 2.05. The minimum Gasteiger partial charge on any atom is -0.396 e. The summed E-state index contributed by atoms with van der Waals surface area (Å²) in [5.41, 5.74) is 0. The topological polar surface area (TPSA) is 29.5 Å². The highest BCUT2D eigenvalue weighted by Crippen LogP contribution is 2.02. The first-order valence-corrected chi connectivity index (χ1v) is 5.03. The van der Waals surface area contributed by atoms with Crippen molar-refractivity contribution in [1.29, 1.82) is 0 Å². The molecule has 0 bridgehead atoms. The molecule has 0 aromatic carbocycles. The van der Waals surface area contributed by atoms with Gasteiger partial charge in [0.25, 0.3) is 0 Å². The van der Waals surface area contributed by atoms with Crippen LogP contribution in [-0.2, 0) is 4.74 Å². The normalized spacial score (nSPS) is 13.2. The number of rotatable bonds is 8.